The lowest BCUT2D eigenvalue weighted by Crippen LogP contribution is -2.04. The first-order valence-corrected chi connectivity index (χ1v) is 7.00. The van der Waals surface area contributed by atoms with Crippen LogP contribution in [0.2, 0.25) is 0 Å². The number of benzene rings is 1. The molecule has 0 spiro atoms. The van der Waals surface area contributed by atoms with Crippen LogP contribution in [0, 0.1) is 0 Å². The second-order valence-corrected chi connectivity index (χ2v) is 5.18. The van der Waals surface area contributed by atoms with E-state index in [9.17, 15) is 13.2 Å². The van der Waals surface area contributed by atoms with Crippen molar-refractivity contribution in [1.29, 1.82) is 0 Å². The van der Waals surface area contributed by atoms with Gasteiger partial charge in [0.05, 0.1) is 17.5 Å². The molecule has 0 saturated heterocycles. The van der Waals surface area contributed by atoms with E-state index in [0.29, 0.717) is 22.2 Å². The summed E-state index contributed by atoms with van der Waals surface area (Å²) in [5.74, 6) is 0.979. The number of aromatic nitrogens is 5. The lowest BCUT2D eigenvalue weighted by molar-refractivity contribution is -0.137. The van der Waals surface area contributed by atoms with Gasteiger partial charge in [0.2, 0.25) is 11.7 Å². The first-order valence-electron chi connectivity index (χ1n) is 6.01. The maximum atomic E-state index is 12.5. The maximum absolute atomic E-state index is 12.5. The van der Waals surface area contributed by atoms with Crippen molar-refractivity contribution in [2.24, 2.45) is 0 Å². The first-order chi connectivity index (χ1) is 10.5. The minimum atomic E-state index is -4.37. The highest BCUT2D eigenvalue weighted by atomic mass is 32.2. The maximum Gasteiger partial charge on any atom is 0.416 e. The van der Waals surface area contributed by atoms with Crippen LogP contribution in [-0.4, -0.2) is 25.6 Å². The Balaban J connectivity index is 1.70. The zero-order chi connectivity index (χ0) is 15.6. The van der Waals surface area contributed by atoms with E-state index >= 15 is 0 Å². The molecule has 1 N–H and O–H groups in total. The van der Waals surface area contributed by atoms with Gasteiger partial charge in [0.25, 0.3) is 0 Å². The van der Waals surface area contributed by atoms with Crippen molar-refractivity contribution in [3.63, 3.8) is 0 Å². The van der Waals surface area contributed by atoms with E-state index in [1.54, 1.807) is 6.20 Å². The second kappa shape index (κ2) is 5.79. The molecule has 0 saturated carbocycles. The Kier molecular flexibility index (Phi) is 3.84. The van der Waals surface area contributed by atoms with Gasteiger partial charge >= 0.3 is 6.18 Å². The molecule has 2 heterocycles. The van der Waals surface area contributed by atoms with Crippen molar-refractivity contribution >= 4 is 11.8 Å². The van der Waals surface area contributed by atoms with Gasteiger partial charge in [-0.1, -0.05) is 29.1 Å². The SMILES string of the molecule is FC(F)(F)c1ccc(-c2noc(CSc3cn[nH]n3)n2)cc1. The van der Waals surface area contributed by atoms with Crippen LogP contribution in [-0.2, 0) is 11.9 Å². The number of hydrogen-bond acceptors (Lipinski definition) is 6. The van der Waals surface area contributed by atoms with Crippen molar-refractivity contribution in [3.8, 4) is 11.4 Å². The quantitative estimate of drug-likeness (QED) is 0.741. The molecule has 3 rings (SSSR count). The van der Waals surface area contributed by atoms with Crippen LogP contribution in [0.1, 0.15) is 11.5 Å². The van der Waals surface area contributed by atoms with Gasteiger partial charge in [-0.25, -0.2) is 0 Å². The zero-order valence-corrected chi connectivity index (χ0v) is 11.6. The molecular formula is C12H8F3N5OS. The molecule has 6 nitrogen and oxygen atoms in total. The fourth-order valence-corrected chi connectivity index (χ4v) is 2.26. The van der Waals surface area contributed by atoms with Gasteiger partial charge in [0.15, 0.2) is 0 Å². The molecule has 0 radical (unpaired) electrons. The Bertz CT molecular complexity index is 739. The molecule has 0 unspecified atom stereocenters. The number of halogens is 3. The van der Waals surface area contributed by atoms with Crippen LogP contribution in [0.15, 0.2) is 40.0 Å². The van der Waals surface area contributed by atoms with Crippen molar-refractivity contribution in [2.45, 2.75) is 17.0 Å². The summed E-state index contributed by atoms with van der Waals surface area (Å²) in [6.07, 6.45) is -2.81. The fraction of sp³-hybridized carbons (Fsp3) is 0.167. The van der Waals surface area contributed by atoms with Crippen LogP contribution in [0.5, 0.6) is 0 Å². The molecule has 0 fully saturated rings. The minimum absolute atomic E-state index is 0.240. The van der Waals surface area contributed by atoms with Crippen molar-refractivity contribution in [2.75, 3.05) is 0 Å². The van der Waals surface area contributed by atoms with Gasteiger partial charge in [-0.05, 0) is 12.1 Å². The van der Waals surface area contributed by atoms with Crippen molar-refractivity contribution in [3.05, 3.63) is 41.9 Å². The molecule has 1 aromatic carbocycles. The van der Waals surface area contributed by atoms with Crippen LogP contribution < -0.4 is 0 Å². The van der Waals surface area contributed by atoms with Crippen LogP contribution in [0.4, 0.5) is 13.2 Å². The number of nitrogens with zero attached hydrogens (tertiary/aromatic N) is 4. The number of hydrogen-bond donors (Lipinski definition) is 1. The molecule has 114 valence electrons. The average molecular weight is 327 g/mol. The number of nitrogens with one attached hydrogen (secondary N) is 1. The van der Waals surface area contributed by atoms with E-state index in [1.807, 2.05) is 0 Å². The molecule has 3 aromatic rings. The summed E-state index contributed by atoms with van der Waals surface area (Å²) in [5.41, 5.74) is -0.268. The van der Waals surface area contributed by atoms with E-state index in [0.717, 1.165) is 12.1 Å². The molecule has 22 heavy (non-hydrogen) atoms. The van der Waals surface area contributed by atoms with Gasteiger partial charge in [-0.2, -0.15) is 28.5 Å². The Morgan fingerprint density at radius 3 is 2.59 bits per heavy atom. The number of thioether (sulfide) groups is 1. The molecule has 2 aromatic heterocycles. The molecule has 0 atom stereocenters. The zero-order valence-electron chi connectivity index (χ0n) is 10.8. The number of H-pyrrole nitrogens is 1. The first kappa shape index (κ1) is 14.6. The lowest BCUT2D eigenvalue weighted by Gasteiger charge is -2.05. The molecule has 0 bridgehead atoms. The van der Waals surface area contributed by atoms with E-state index in [1.165, 1.54) is 23.9 Å². The smallest absolute Gasteiger partial charge is 0.338 e. The van der Waals surface area contributed by atoms with E-state index < -0.39 is 11.7 Å². The van der Waals surface area contributed by atoms with Crippen LogP contribution in [0.25, 0.3) is 11.4 Å². The third-order valence-electron chi connectivity index (χ3n) is 2.67. The Morgan fingerprint density at radius 2 is 1.95 bits per heavy atom. The summed E-state index contributed by atoms with van der Waals surface area (Å²) in [6.45, 7) is 0. The highest BCUT2D eigenvalue weighted by molar-refractivity contribution is 7.98. The predicted octanol–water partition coefficient (Wildman–Crippen LogP) is 3.17. The monoisotopic (exact) mass is 327 g/mol. The van der Waals surface area contributed by atoms with Gasteiger partial charge in [-0.15, -0.1) is 5.10 Å². The highest BCUT2D eigenvalue weighted by Gasteiger charge is 2.30. The molecule has 10 heteroatoms. The highest BCUT2D eigenvalue weighted by Crippen LogP contribution is 2.30. The van der Waals surface area contributed by atoms with E-state index in [2.05, 4.69) is 25.6 Å². The molecule has 0 amide bonds. The Hall–Kier alpha value is -2.36. The summed E-state index contributed by atoms with van der Waals surface area (Å²) >= 11 is 1.34. The third-order valence-corrected chi connectivity index (χ3v) is 3.56. The molecular weight excluding hydrogens is 319 g/mol. The Labute approximate surface area is 126 Å². The summed E-state index contributed by atoms with van der Waals surface area (Å²) in [5, 5.41) is 14.4. The van der Waals surface area contributed by atoms with Gasteiger partial charge in [0, 0.05) is 5.56 Å². The van der Waals surface area contributed by atoms with Crippen molar-refractivity contribution in [1.82, 2.24) is 25.6 Å². The fourth-order valence-electron chi connectivity index (χ4n) is 1.64. The predicted molar refractivity (Wildman–Crippen MR) is 70.7 cm³/mol. The number of alkyl halides is 3. The average Bonchev–Trinajstić information content (AvgIpc) is 3.16. The van der Waals surface area contributed by atoms with Crippen LogP contribution in [0.3, 0.4) is 0 Å². The standard InChI is InChI=1S/C12H8F3N5OS/c13-12(14,15)8-3-1-7(2-4-8)11-17-9(21-19-11)6-22-10-5-16-20-18-10/h1-5H,6H2,(H,16,18,20). The number of aromatic amines is 1. The van der Waals surface area contributed by atoms with Gasteiger partial charge in [-0.3, -0.25) is 0 Å². The largest absolute Gasteiger partial charge is 0.416 e. The summed E-state index contributed by atoms with van der Waals surface area (Å²) < 4.78 is 42.5. The lowest BCUT2D eigenvalue weighted by atomic mass is 10.1. The topological polar surface area (TPSA) is 80.5 Å². The van der Waals surface area contributed by atoms with E-state index in [4.69, 9.17) is 4.52 Å². The summed E-state index contributed by atoms with van der Waals surface area (Å²) in [6, 6.07) is 4.58. The molecule has 0 aliphatic carbocycles. The van der Waals surface area contributed by atoms with Crippen LogP contribution >= 0.6 is 11.8 Å². The summed E-state index contributed by atoms with van der Waals surface area (Å²) in [4.78, 5) is 4.13. The van der Waals surface area contributed by atoms with Crippen molar-refractivity contribution < 1.29 is 17.7 Å². The third kappa shape index (κ3) is 3.27. The normalized spacial score (nSPS) is 11.8. The molecule has 0 aliphatic rings. The molecule has 0 aliphatic heterocycles. The van der Waals surface area contributed by atoms with E-state index in [-0.39, 0.29) is 5.82 Å². The second-order valence-electron chi connectivity index (χ2n) is 4.18. The Morgan fingerprint density at radius 1 is 1.18 bits per heavy atom. The minimum Gasteiger partial charge on any atom is -0.338 e. The van der Waals surface area contributed by atoms with Gasteiger partial charge < -0.3 is 4.52 Å². The number of rotatable bonds is 4. The summed E-state index contributed by atoms with van der Waals surface area (Å²) in [7, 11) is 0. The van der Waals surface area contributed by atoms with Gasteiger partial charge in [0.1, 0.15) is 5.03 Å².